The van der Waals surface area contributed by atoms with Gasteiger partial charge >= 0.3 is 6.09 Å². The molecule has 30 heavy (non-hydrogen) atoms. The molecule has 2 atom stereocenters. The lowest BCUT2D eigenvalue weighted by molar-refractivity contribution is 0.139. The molecule has 2 unspecified atom stereocenters. The van der Waals surface area contributed by atoms with Crippen LogP contribution in [0.2, 0.25) is 0 Å². The maximum atomic E-state index is 11.9. The molecule has 5 heteroatoms. The maximum absolute atomic E-state index is 11.9. The highest BCUT2D eigenvalue weighted by molar-refractivity contribution is 5.67. The van der Waals surface area contributed by atoms with Crippen LogP contribution in [-0.4, -0.2) is 31.8 Å². The van der Waals surface area contributed by atoms with Crippen LogP contribution < -0.4 is 15.4 Å². The third kappa shape index (κ3) is 6.49. The number of aryl methyl sites for hydroxylation is 1. The summed E-state index contributed by atoms with van der Waals surface area (Å²) in [6.45, 7) is 3.15. The molecular weight excluding hydrogens is 376 g/mol. The van der Waals surface area contributed by atoms with Gasteiger partial charge < -0.3 is 20.1 Å². The lowest BCUT2D eigenvalue weighted by Crippen LogP contribution is -2.41. The monoisotopic (exact) mass is 410 g/mol. The highest BCUT2D eigenvalue weighted by Gasteiger charge is 2.23. The van der Waals surface area contributed by atoms with Gasteiger partial charge in [0.2, 0.25) is 0 Å². The normalized spacial score (nSPS) is 16.4. The summed E-state index contributed by atoms with van der Waals surface area (Å²) >= 11 is 0. The Labute approximate surface area is 180 Å². The van der Waals surface area contributed by atoms with Crippen LogP contribution in [0.15, 0.2) is 48.5 Å². The largest absolute Gasteiger partial charge is 0.496 e. The molecule has 1 amide bonds. The minimum absolute atomic E-state index is 0.304. The topological polar surface area (TPSA) is 59.6 Å². The molecular formula is C25H34N2O3. The quantitative estimate of drug-likeness (QED) is 0.561. The second-order valence-corrected chi connectivity index (χ2v) is 7.94. The molecule has 0 saturated carbocycles. The maximum Gasteiger partial charge on any atom is 0.407 e. The lowest BCUT2D eigenvalue weighted by atomic mass is 9.87. The van der Waals surface area contributed by atoms with Gasteiger partial charge in [0, 0.05) is 18.6 Å². The van der Waals surface area contributed by atoms with Crippen molar-refractivity contribution in [3.8, 4) is 5.75 Å². The molecule has 5 nitrogen and oxygen atoms in total. The number of hydrogen-bond acceptors (Lipinski definition) is 4. The molecule has 2 N–H and O–H groups in total. The first kappa shape index (κ1) is 22.2. The first-order valence-corrected chi connectivity index (χ1v) is 11.0. The Morgan fingerprint density at radius 2 is 2.00 bits per heavy atom. The van der Waals surface area contributed by atoms with E-state index < -0.39 is 0 Å². The van der Waals surface area contributed by atoms with E-state index in [1.54, 1.807) is 7.11 Å². The number of fused-ring (bicyclic) bond motifs is 1. The Morgan fingerprint density at radius 1 is 1.17 bits per heavy atom. The molecule has 2 aromatic carbocycles. The van der Waals surface area contributed by atoms with Crippen LogP contribution in [0.4, 0.5) is 4.79 Å². The molecule has 0 aromatic heterocycles. The third-order valence-electron chi connectivity index (χ3n) is 5.84. The van der Waals surface area contributed by atoms with Gasteiger partial charge in [0.25, 0.3) is 0 Å². The third-order valence-corrected chi connectivity index (χ3v) is 5.84. The number of nitrogens with one attached hydrogen (secondary N) is 2. The molecule has 3 rings (SSSR count). The van der Waals surface area contributed by atoms with E-state index in [1.807, 2.05) is 30.3 Å². The fraction of sp³-hybridized carbons (Fsp3) is 0.480. The van der Waals surface area contributed by atoms with Crippen LogP contribution in [-0.2, 0) is 24.2 Å². The van der Waals surface area contributed by atoms with Crippen LogP contribution in [0.3, 0.4) is 0 Å². The van der Waals surface area contributed by atoms with E-state index in [4.69, 9.17) is 9.47 Å². The van der Waals surface area contributed by atoms with Crippen molar-refractivity contribution < 1.29 is 14.3 Å². The van der Waals surface area contributed by atoms with E-state index in [-0.39, 0.29) is 6.09 Å². The van der Waals surface area contributed by atoms with E-state index >= 15 is 0 Å². The van der Waals surface area contributed by atoms with Crippen molar-refractivity contribution in [2.75, 3.05) is 13.7 Å². The van der Waals surface area contributed by atoms with Crippen LogP contribution >= 0.6 is 0 Å². The fourth-order valence-electron chi connectivity index (χ4n) is 4.14. The molecule has 0 fully saturated rings. The average Bonchev–Trinajstić information content (AvgIpc) is 2.79. The average molecular weight is 411 g/mol. The summed E-state index contributed by atoms with van der Waals surface area (Å²) in [6, 6.07) is 17.0. The molecule has 0 aliphatic heterocycles. The Kier molecular flexibility index (Phi) is 8.57. The smallest absolute Gasteiger partial charge is 0.407 e. The lowest BCUT2D eigenvalue weighted by Gasteiger charge is -2.30. The Bertz CT molecular complexity index is 780. The summed E-state index contributed by atoms with van der Waals surface area (Å²) in [5, 5.41) is 6.69. The number of methoxy groups -OCH3 is 1. The Morgan fingerprint density at radius 3 is 2.77 bits per heavy atom. The van der Waals surface area contributed by atoms with Gasteiger partial charge in [0.1, 0.15) is 12.4 Å². The summed E-state index contributed by atoms with van der Waals surface area (Å²) in [5.74, 6) is 1.00. The van der Waals surface area contributed by atoms with Gasteiger partial charge in [0.15, 0.2) is 0 Å². The van der Waals surface area contributed by atoms with Gasteiger partial charge in [-0.2, -0.15) is 0 Å². The van der Waals surface area contributed by atoms with E-state index in [2.05, 4.69) is 35.8 Å². The molecule has 0 heterocycles. The molecule has 0 saturated heterocycles. The predicted molar refractivity (Wildman–Crippen MR) is 120 cm³/mol. The summed E-state index contributed by atoms with van der Waals surface area (Å²) in [5.41, 5.74) is 3.76. The van der Waals surface area contributed by atoms with Crippen molar-refractivity contribution in [1.82, 2.24) is 10.6 Å². The van der Waals surface area contributed by atoms with E-state index in [1.165, 1.54) is 11.1 Å². The van der Waals surface area contributed by atoms with Crippen LogP contribution in [0, 0.1) is 0 Å². The zero-order valence-electron chi connectivity index (χ0n) is 18.2. The van der Waals surface area contributed by atoms with E-state index in [0.29, 0.717) is 25.2 Å². The number of ether oxygens (including phenoxy) is 2. The van der Waals surface area contributed by atoms with Crippen molar-refractivity contribution in [3.05, 3.63) is 65.2 Å². The van der Waals surface area contributed by atoms with Crippen molar-refractivity contribution in [2.45, 2.75) is 64.1 Å². The summed E-state index contributed by atoms with van der Waals surface area (Å²) in [6.07, 6.45) is 5.95. The SMILES string of the molecule is CCC(CCCNC(=O)OCc1ccccc1)NC1CCc2cccc(OC)c2C1. The minimum Gasteiger partial charge on any atom is -0.496 e. The number of carbonyl (C=O) groups excluding carboxylic acids is 1. The van der Waals surface area contributed by atoms with Gasteiger partial charge in [-0.25, -0.2) is 4.79 Å². The first-order chi connectivity index (χ1) is 14.7. The van der Waals surface area contributed by atoms with Gasteiger partial charge in [-0.05, 0) is 61.3 Å². The summed E-state index contributed by atoms with van der Waals surface area (Å²) in [4.78, 5) is 11.9. The number of hydrogen-bond donors (Lipinski definition) is 2. The first-order valence-electron chi connectivity index (χ1n) is 11.0. The molecule has 1 aliphatic rings. The van der Waals surface area contributed by atoms with Crippen molar-refractivity contribution in [1.29, 1.82) is 0 Å². The molecule has 1 aliphatic carbocycles. The number of alkyl carbamates (subject to hydrolysis) is 1. The van der Waals surface area contributed by atoms with Crippen LogP contribution in [0.1, 0.15) is 49.3 Å². The second-order valence-electron chi connectivity index (χ2n) is 7.94. The second kappa shape index (κ2) is 11.6. The van der Waals surface area contributed by atoms with Gasteiger partial charge in [-0.15, -0.1) is 0 Å². The zero-order valence-corrected chi connectivity index (χ0v) is 18.2. The Hall–Kier alpha value is -2.53. The minimum atomic E-state index is -0.351. The van der Waals surface area contributed by atoms with E-state index in [9.17, 15) is 4.79 Å². The summed E-state index contributed by atoms with van der Waals surface area (Å²) in [7, 11) is 1.75. The summed E-state index contributed by atoms with van der Waals surface area (Å²) < 4.78 is 10.8. The molecule has 0 spiro atoms. The zero-order chi connectivity index (χ0) is 21.2. The number of amides is 1. The highest BCUT2D eigenvalue weighted by atomic mass is 16.5. The van der Waals surface area contributed by atoms with Crippen molar-refractivity contribution in [2.24, 2.45) is 0 Å². The van der Waals surface area contributed by atoms with Gasteiger partial charge in [-0.3, -0.25) is 0 Å². The number of benzene rings is 2. The predicted octanol–water partition coefficient (Wildman–Crippen LogP) is 4.63. The fourth-order valence-corrected chi connectivity index (χ4v) is 4.14. The molecule has 0 bridgehead atoms. The van der Waals surface area contributed by atoms with Crippen molar-refractivity contribution >= 4 is 6.09 Å². The van der Waals surface area contributed by atoms with E-state index in [0.717, 1.165) is 49.8 Å². The molecule has 2 aromatic rings. The van der Waals surface area contributed by atoms with Gasteiger partial charge in [-0.1, -0.05) is 49.4 Å². The van der Waals surface area contributed by atoms with Crippen LogP contribution in [0.5, 0.6) is 5.75 Å². The number of carbonyl (C=O) groups is 1. The highest BCUT2D eigenvalue weighted by Crippen LogP contribution is 2.29. The van der Waals surface area contributed by atoms with Crippen molar-refractivity contribution in [3.63, 3.8) is 0 Å². The standard InChI is InChI=1S/C25H34N2O3/c1-3-21(12-8-16-26-25(28)30-18-19-9-5-4-6-10-19)27-22-15-14-20-11-7-13-24(29-2)23(20)17-22/h4-7,9-11,13,21-22,27H,3,8,12,14-18H2,1-2H3,(H,26,28). The van der Waals surface area contributed by atoms with Gasteiger partial charge in [0.05, 0.1) is 7.11 Å². The van der Waals surface area contributed by atoms with Crippen LogP contribution in [0.25, 0.3) is 0 Å². The Balaban J connectivity index is 1.36. The molecule has 162 valence electrons. The number of rotatable bonds is 10. The molecule has 0 radical (unpaired) electrons.